The average molecular weight is 323 g/mol. The zero-order chi connectivity index (χ0) is 15.3. The van der Waals surface area contributed by atoms with Crippen LogP contribution in [0.3, 0.4) is 0 Å². The Hall–Kier alpha value is -0.480. The number of rotatable bonds is 5. The summed E-state index contributed by atoms with van der Waals surface area (Å²) in [5, 5.41) is 5.90. The molecule has 1 aliphatic rings. The minimum atomic E-state index is -0.459. The van der Waals surface area contributed by atoms with Gasteiger partial charge < -0.3 is 10.6 Å². The first-order valence-corrected chi connectivity index (χ1v) is 8.11. The van der Waals surface area contributed by atoms with Crippen molar-refractivity contribution in [3.8, 4) is 0 Å². The van der Waals surface area contributed by atoms with Gasteiger partial charge in [-0.3, -0.25) is 9.59 Å². The van der Waals surface area contributed by atoms with E-state index in [4.69, 9.17) is 23.2 Å². The van der Waals surface area contributed by atoms with Gasteiger partial charge in [0.25, 0.3) is 0 Å². The summed E-state index contributed by atoms with van der Waals surface area (Å²) < 4.78 is 0. The fraction of sp³-hybridized carbons (Fsp3) is 0.857. The second-order valence-electron chi connectivity index (χ2n) is 6.13. The highest BCUT2D eigenvalue weighted by molar-refractivity contribution is 6.27. The summed E-state index contributed by atoms with van der Waals surface area (Å²) in [6.07, 6.45) is 2.70. The van der Waals surface area contributed by atoms with Crippen LogP contribution in [0.25, 0.3) is 0 Å². The molecule has 0 heterocycles. The minimum absolute atomic E-state index is 0.0671. The van der Waals surface area contributed by atoms with Crippen molar-refractivity contribution in [2.45, 2.75) is 51.6 Å². The quantitative estimate of drug-likeness (QED) is 0.763. The summed E-state index contributed by atoms with van der Waals surface area (Å²) in [6, 6.07) is -0.109. The maximum atomic E-state index is 11.6. The van der Waals surface area contributed by atoms with Crippen molar-refractivity contribution in [3.05, 3.63) is 0 Å². The predicted molar refractivity (Wildman–Crippen MR) is 82.1 cm³/mol. The van der Waals surface area contributed by atoms with E-state index >= 15 is 0 Å². The van der Waals surface area contributed by atoms with E-state index in [1.165, 1.54) is 0 Å². The zero-order valence-corrected chi connectivity index (χ0v) is 13.9. The third kappa shape index (κ3) is 4.52. The van der Waals surface area contributed by atoms with Gasteiger partial charge in [-0.2, -0.15) is 0 Å². The molecule has 0 bridgehead atoms. The molecule has 0 saturated heterocycles. The van der Waals surface area contributed by atoms with Crippen molar-refractivity contribution in [1.29, 1.82) is 0 Å². The van der Waals surface area contributed by atoms with E-state index in [1.54, 1.807) is 0 Å². The molecule has 0 aromatic carbocycles. The van der Waals surface area contributed by atoms with Gasteiger partial charge in [0.15, 0.2) is 0 Å². The Balaban J connectivity index is 2.84. The third-order valence-electron chi connectivity index (χ3n) is 4.29. The first-order chi connectivity index (χ1) is 9.32. The van der Waals surface area contributed by atoms with Crippen LogP contribution in [0, 0.1) is 11.8 Å². The molecule has 1 saturated carbocycles. The van der Waals surface area contributed by atoms with Crippen LogP contribution >= 0.6 is 23.2 Å². The van der Waals surface area contributed by atoms with Crippen LogP contribution in [0.2, 0.25) is 0 Å². The largest absolute Gasteiger partial charge is 0.350 e. The van der Waals surface area contributed by atoms with Gasteiger partial charge in [0.1, 0.15) is 11.8 Å². The number of hydrogen-bond acceptors (Lipinski definition) is 2. The van der Waals surface area contributed by atoms with Crippen LogP contribution in [0.5, 0.6) is 0 Å². The Kier molecular flexibility index (Phi) is 6.59. The molecule has 0 aromatic rings. The maximum absolute atomic E-state index is 11.6. The number of halogens is 2. The lowest BCUT2D eigenvalue weighted by Crippen LogP contribution is -2.63. The molecule has 0 spiro atoms. The summed E-state index contributed by atoms with van der Waals surface area (Å²) in [6.45, 7) is 6.34. The number of amides is 2. The second-order valence-corrected chi connectivity index (χ2v) is 6.67. The molecule has 20 heavy (non-hydrogen) atoms. The maximum Gasteiger partial charge on any atom is 0.235 e. The van der Waals surface area contributed by atoms with E-state index in [2.05, 4.69) is 24.5 Å². The molecule has 1 aliphatic carbocycles. The summed E-state index contributed by atoms with van der Waals surface area (Å²) in [5.74, 6) is 0.548. The van der Waals surface area contributed by atoms with E-state index in [-0.39, 0.29) is 29.6 Å². The highest BCUT2D eigenvalue weighted by Crippen LogP contribution is 2.36. The molecule has 3 unspecified atom stereocenters. The Morgan fingerprint density at radius 2 is 1.85 bits per heavy atom. The molecular weight excluding hydrogens is 299 g/mol. The second kappa shape index (κ2) is 7.51. The van der Waals surface area contributed by atoms with Crippen LogP contribution < -0.4 is 10.6 Å². The summed E-state index contributed by atoms with van der Waals surface area (Å²) in [4.78, 5) is 23.2. The van der Waals surface area contributed by atoms with E-state index in [0.29, 0.717) is 11.8 Å². The third-order valence-corrected chi connectivity index (χ3v) is 4.77. The molecule has 2 N–H and O–H groups in total. The lowest BCUT2D eigenvalue weighted by atomic mass is 9.70. The van der Waals surface area contributed by atoms with E-state index < -0.39 is 5.54 Å². The van der Waals surface area contributed by atoms with Gasteiger partial charge in [-0.15, -0.1) is 23.2 Å². The summed E-state index contributed by atoms with van der Waals surface area (Å²) in [5.41, 5.74) is -0.459. The van der Waals surface area contributed by atoms with Gasteiger partial charge in [-0.05, 0) is 38.0 Å². The van der Waals surface area contributed by atoms with Crippen LogP contribution in [0.1, 0.15) is 40.0 Å². The van der Waals surface area contributed by atoms with Crippen LogP contribution in [0.4, 0.5) is 0 Å². The van der Waals surface area contributed by atoms with E-state index in [1.807, 2.05) is 6.92 Å². The monoisotopic (exact) mass is 322 g/mol. The van der Waals surface area contributed by atoms with Crippen LogP contribution in [-0.2, 0) is 9.59 Å². The molecule has 0 aromatic heterocycles. The molecular formula is C14H24Cl2N2O2. The molecule has 2 amide bonds. The predicted octanol–water partition coefficient (Wildman–Crippen LogP) is 2.28. The molecule has 6 heteroatoms. The van der Waals surface area contributed by atoms with Gasteiger partial charge in [-0.1, -0.05) is 13.8 Å². The summed E-state index contributed by atoms with van der Waals surface area (Å²) >= 11 is 11.1. The SMILES string of the molecule is CC(C)C1CCC(C)(NC(=O)CCl)C(NC(=O)CCl)C1. The van der Waals surface area contributed by atoms with Crippen molar-refractivity contribution in [3.63, 3.8) is 0 Å². The smallest absolute Gasteiger partial charge is 0.235 e. The van der Waals surface area contributed by atoms with Crippen LogP contribution in [0.15, 0.2) is 0 Å². The number of hydrogen-bond donors (Lipinski definition) is 2. The van der Waals surface area contributed by atoms with Gasteiger partial charge in [0.2, 0.25) is 11.8 Å². The Labute approximate surface area is 131 Å². The lowest BCUT2D eigenvalue weighted by Gasteiger charge is -2.46. The summed E-state index contributed by atoms with van der Waals surface area (Å²) in [7, 11) is 0. The van der Waals surface area contributed by atoms with Crippen molar-refractivity contribution in [2.75, 3.05) is 11.8 Å². The molecule has 116 valence electrons. The molecule has 1 fully saturated rings. The van der Waals surface area contributed by atoms with Gasteiger partial charge in [0, 0.05) is 0 Å². The molecule has 0 aliphatic heterocycles. The van der Waals surface area contributed by atoms with Gasteiger partial charge >= 0.3 is 0 Å². The number of carbonyl (C=O) groups excluding carboxylic acids is 2. The minimum Gasteiger partial charge on any atom is -0.350 e. The number of alkyl halides is 2. The van der Waals surface area contributed by atoms with E-state index in [0.717, 1.165) is 19.3 Å². The Morgan fingerprint density at radius 3 is 2.35 bits per heavy atom. The number of nitrogens with one attached hydrogen (secondary N) is 2. The van der Waals surface area contributed by atoms with Crippen molar-refractivity contribution in [1.82, 2.24) is 10.6 Å². The van der Waals surface area contributed by atoms with Crippen molar-refractivity contribution >= 4 is 35.0 Å². The molecule has 3 atom stereocenters. The lowest BCUT2D eigenvalue weighted by molar-refractivity contribution is -0.124. The standard InChI is InChI=1S/C14H24Cl2N2O2/c1-9(2)10-4-5-14(3,18-13(20)8-16)11(6-10)17-12(19)7-15/h9-11H,4-8H2,1-3H3,(H,17,19)(H,18,20). The van der Waals surface area contributed by atoms with Crippen LogP contribution in [-0.4, -0.2) is 35.2 Å². The Morgan fingerprint density at radius 1 is 1.25 bits per heavy atom. The molecule has 1 rings (SSSR count). The first-order valence-electron chi connectivity index (χ1n) is 7.04. The van der Waals surface area contributed by atoms with Gasteiger partial charge in [-0.25, -0.2) is 0 Å². The Bertz CT molecular complexity index is 363. The first kappa shape index (κ1) is 17.6. The fourth-order valence-corrected chi connectivity index (χ4v) is 3.04. The number of carbonyl (C=O) groups is 2. The zero-order valence-electron chi connectivity index (χ0n) is 12.3. The average Bonchev–Trinajstić information content (AvgIpc) is 2.40. The van der Waals surface area contributed by atoms with Crippen molar-refractivity contribution < 1.29 is 9.59 Å². The topological polar surface area (TPSA) is 58.2 Å². The highest BCUT2D eigenvalue weighted by atomic mass is 35.5. The molecule has 0 radical (unpaired) electrons. The molecule has 4 nitrogen and oxygen atoms in total. The van der Waals surface area contributed by atoms with E-state index in [9.17, 15) is 9.59 Å². The highest BCUT2D eigenvalue weighted by Gasteiger charge is 2.42. The fourth-order valence-electron chi connectivity index (χ4n) is 2.90. The van der Waals surface area contributed by atoms with Gasteiger partial charge in [0.05, 0.1) is 11.6 Å². The normalized spacial score (nSPS) is 30.1. The van der Waals surface area contributed by atoms with Crippen molar-refractivity contribution in [2.24, 2.45) is 11.8 Å².